The molecule has 1 aromatic carbocycles. The van der Waals surface area contributed by atoms with Crippen LogP contribution in [-0.4, -0.2) is 23.0 Å². The number of rotatable bonds is 2. The van der Waals surface area contributed by atoms with Gasteiger partial charge in [-0.05, 0) is 36.8 Å². The van der Waals surface area contributed by atoms with Crippen LogP contribution in [0.5, 0.6) is 5.75 Å². The predicted molar refractivity (Wildman–Crippen MR) is 69.8 cm³/mol. The third-order valence-corrected chi connectivity index (χ3v) is 2.79. The van der Waals surface area contributed by atoms with Crippen molar-refractivity contribution in [2.75, 3.05) is 11.9 Å². The summed E-state index contributed by atoms with van der Waals surface area (Å²) in [7, 11) is 1.68. The van der Waals surface area contributed by atoms with Crippen LogP contribution in [0.25, 0.3) is 0 Å². The van der Waals surface area contributed by atoms with Crippen LogP contribution < -0.4 is 4.90 Å². The molecule has 0 aliphatic rings. The van der Waals surface area contributed by atoms with E-state index in [-0.39, 0.29) is 11.7 Å². The van der Waals surface area contributed by atoms with E-state index in [9.17, 15) is 9.90 Å². The summed E-state index contributed by atoms with van der Waals surface area (Å²) in [5, 5.41) is 9.62. The maximum atomic E-state index is 12.2. The van der Waals surface area contributed by atoms with Gasteiger partial charge >= 0.3 is 0 Å². The highest BCUT2D eigenvalue weighted by Gasteiger charge is 2.14. The normalized spacial score (nSPS) is 10.1. The highest BCUT2D eigenvalue weighted by atomic mass is 16.3. The molecule has 2 rings (SSSR count). The SMILES string of the molecule is Cc1ccc(C(=O)N(C)c2cccnc2)cc1O. The smallest absolute Gasteiger partial charge is 0.258 e. The summed E-state index contributed by atoms with van der Waals surface area (Å²) >= 11 is 0. The second kappa shape index (κ2) is 4.87. The van der Waals surface area contributed by atoms with Gasteiger partial charge in [-0.3, -0.25) is 9.78 Å². The number of aromatic nitrogens is 1. The number of carbonyl (C=O) groups excluding carboxylic acids is 1. The van der Waals surface area contributed by atoms with E-state index in [1.54, 1.807) is 50.6 Å². The Bertz CT molecular complexity index is 567. The number of anilines is 1. The minimum Gasteiger partial charge on any atom is -0.508 e. The van der Waals surface area contributed by atoms with Gasteiger partial charge in [0.15, 0.2) is 0 Å². The molecule has 2 aromatic rings. The van der Waals surface area contributed by atoms with Crippen molar-refractivity contribution in [3.8, 4) is 5.75 Å². The molecule has 0 spiro atoms. The van der Waals surface area contributed by atoms with Gasteiger partial charge in [-0.25, -0.2) is 0 Å². The van der Waals surface area contributed by atoms with E-state index in [0.717, 1.165) is 5.56 Å². The summed E-state index contributed by atoms with van der Waals surface area (Å²) in [5.41, 5.74) is 1.91. The van der Waals surface area contributed by atoms with E-state index in [4.69, 9.17) is 0 Å². The predicted octanol–water partition coefficient (Wildman–Crippen LogP) is 2.37. The third-order valence-electron chi connectivity index (χ3n) is 2.79. The van der Waals surface area contributed by atoms with Crippen LogP contribution in [0.4, 0.5) is 5.69 Å². The van der Waals surface area contributed by atoms with Gasteiger partial charge in [0.05, 0.1) is 11.9 Å². The number of aromatic hydroxyl groups is 1. The number of aryl methyl sites for hydroxylation is 1. The Labute approximate surface area is 106 Å². The van der Waals surface area contributed by atoms with Crippen LogP contribution in [0.15, 0.2) is 42.7 Å². The van der Waals surface area contributed by atoms with Crippen LogP contribution in [-0.2, 0) is 0 Å². The Hall–Kier alpha value is -2.36. The van der Waals surface area contributed by atoms with Gasteiger partial charge in [0, 0.05) is 18.8 Å². The number of nitrogens with zero attached hydrogens (tertiary/aromatic N) is 2. The van der Waals surface area contributed by atoms with Gasteiger partial charge < -0.3 is 10.0 Å². The van der Waals surface area contributed by atoms with E-state index in [1.807, 2.05) is 0 Å². The lowest BCUT2D eigenvalue weighted by atomic mass is 10.1. The zero-order valence-corrected chi connectivity index (χ0v) is 10.3. The first-order chi connectivity index (χ1) is 8.59. The van der Waals surface area contributed by atoms with Gasteiger partial charge in [0.1, 0.15) is 5.75 Å². The van der Waals surface area contributed by atoms with Gasteiger partial charge in [-0.1, -0.05) is 6.07 Å². The van der Waals surface area contributed by atoms with E-state index in [2.05, 4.69) is 4.98 Å². The van der Waals surface area contributed by atoms with Crippen molar-refractivity contribution in [1.29, 1.82) is 0 Å². The van der Waals surface area contributed by atoms with E-state index < -0.39 is 0 Å². The van der Waals surface area contributed by atoms with Crippen LogP contribution in [0.1, 0.15) is 15.9 Å². The van der Waals surface area contributed by atoms with Crippen LogP contribution in [0.3, 0.4) is 0 Å². The first-order valence-corrected chi connectivity index (χ1v) is 5.57. The highest BCUT2D eigenvalue weighted by molar-refractivity contribution is 6.05. The Morgan fingerprint density at radius 1 is 1.33 bits per heavy atom. The fourth-order valence-corrected chi connectivity index (χ4v) is 1.61. The average molecular weight is 242 g/mol. The molecule has 0 saturated carbocycles. The zero-order chi connectivity index (χ0) is 13.1. The Morgan fingerprint density at radius 2 is 2.11 bits per heavy atom. The van der Waals surface area contributed by atoms with E-state index >= 15 is 0 Å². The maximum absolute atomic E-state index is 12.2. The second-order valence-electron chi connectivity index (χ2n) is 4.08. The molecule has 0 aliphatic heterocycles. The number of phenolic OH excluding ortho intramolecular Hbond substituents is 1. The minimum absolute atomic E-state index is 0.125. The Kier molecular flexibility index (Phi) is 3.28. The molecule has 4 heteroatoms. The fraction of sp³-hybridized carbons (Fsp3) is 0.143. The molecule has 0 fully saturated rings. The van der Waals surface area contributed by atoms with Gasteiger partial charge in [-0.2, -0.15) is 0 Å². The van der Waals surface area contributed by atoms with Gasteiger partial charge in [-0.15, -0.1) is 0 Å². The molecule has 0 unspecified atom stereocenters. The molecular weight excluding hydrogens is 228 g/mol. The lowest BCUT2D eigenvalue weighted by molar-refractivity contribution is 0.0992. The van der Waals surface area contributed by atoms with Gasteiger partial charge in [0.2, 0.25) is 0 Å². The second-order valence-corrected chi connectivity index (χ2v) is 4.08. The molecule has 1 amide bonds. The van der Waals surface area contributed by atoms with Crippen LogP contribution >= 0.6 is 0 Å². The zero-order valence-electron chi connectivity index (χ0n) is 10.3. The number of hydrogen-bond donors (Lipinski definition) is 1. The molecule has 0 aliphatic carbocycles. The van der Waals surface area contributed by atoms with E-state index in [0.29, 0.717) is 11.3 Å². The molecule has 0 atom stereocenters. The van der Waals surface area contributed by atoms with Crippen molar-refractivity contribution in [3.63, 3.8) is 0 Å². The van der Waals surface area contributed by atoms with Crippen molar-refractivity contribution in [2.24, 2.45) is 0 Å². The van der Waals surface area contributed by atoms with Crippen molar-refractivity contribution < 1.29 is 9.90 Å². The van der Waals surface area contributed by atoms with E-state index in [1.165, 1.54) is 11.0 Å². The molecular formula is C14H14N2O2. The first kappa shape index (κ1) is 12.1. The molecule has 0 bridgehead atoms. The molecule has 4 nitrogen and oxygen atoms in total. The summed E-state index contributed by atoms with van der Waals surface area (Å²) < 4.78 is 0. The molecule has 0 saturated heterocycles. The molecule has 1 aromatic heterocycles. The van der Waals surface area contributed by atoms with Crippen molar-refractivity contribution in [3.05, 3.63) is 53.9 Å². The monoisotopic (exact) mass is 242 g/mol. The lowest BCUT2D eigenvalue weighted by Crippen LogP contribution is -2.26. The standard InChI is InChI=1S/C14H14N2O2/c1-10-5-6-11(8-13(10)17)14(18)16(2)12-4-3-7-15-9-12/h3-9,17H,1-2H3. The largest absolute Gasteiger partial charge is 0.508 e. The Balaban J connectivity index is 2.29. The summed E-state index contributed by atoms with van der Waals surface area (Å²) in [6.45, 7) is 1.79. The van der Waals surface area contributed by atoms with Gasteiger partial charge in [0.25, 0.3) is 5.91 Å². The summed E-state index contributed by atoms with van der Waals surface area (Å²) in [5.74, 6) is -0.0567. The average Bonchev–Trinajstić information content (AvgIpc) is 2.41. The number of benzene rings is 1. The number of amides is 1. The van der Waals surface area contributed by atoms with Crippen molar-refractivity contribution in [2.45, 2.75) is 6.92 Å². The van der Waals surface area contributed by atoms with Crippen LogP contribution in [0.2, 0.25) is 0 Å². The first-order valence-electron chi connectivity index (χ1n) is 5.57. The third kappa shape index (κ3) is 2.32. The van der Waals surface area contributed by atoms with Crippen molar-refractivity contribution >= 4 is 11.6 Å². The number of carbonyl (C=O) groups is 1. The molecule has 0 radical (unpaired) electrons. The fourth-order valence-electron chi connectivity index (χ4n) is 1.61. The summed E-state index contributed by atoms with van der Waals surface area (Å²) in [6, 6.07) is 8.47. The minimum atomic E-state index is -0.182. The van der Waals surface area contributed by atoms with Crippen molar-refractivity contribution in [1.82, 2.24) is 4.98 Å². The molecule has 1 heterocycles. The number of phenols is 1. The molecule has 1 N–H and O–H groups in total. The topological polar surface area (TPSA) is 53.4 Å². The number of hydrogen-bond acceptors (Lipinski definition) is 3. The lowest BCUT2D eigenvalue weighted by Gasteiger charge is -2.17. The summed E-state index contributed by atoms with van der Waals surface area (Å²) in [4.78, 5) is 17.7. The molecule has 92 valence electrons. The molecule has 18 heavy (non-hydrogen) atoms. The number of pyridine rings is 1. The maximum Gasteiger partial charge on any atom is 0.258 e. The highest BCUT2D eigenvalue weighted by Crippen LogP contribution is 2.20. The quantitative estimate of drug-likeness (QED) is 0.879. The van der Waals surface area contributed by atoms with Crippen LogP contribution in [0, 0.1) is 6.92 Å². The Morgan fingerprint density at radius 3 is 2.72 bits per heavy atom. The summed E-state index contributed by atoms with van der Waals surface area (Å²) in [6.07, 6.45) is 3.27.